The second-order valence-electron chi connectivity index (χ2n) is 10.4. The van der Waals surface area contributed by atoms with Crippen LogP contribution in [0.2, 0.25) is 5.02 Å². The van der Waals surface area contributed by atoms with Crippen LogP contribution in [-0.4, -0.2) is 17.0 Å². The molecule has 1 aliphatic carbocycles. The Labute approximate surface area is 237 Å². The van der Waals surface area contributed by atoms with Crippen molar-refractivity contribution in [2.75, 3.05) is 17.3 Å². The molecule has 4 nitrogen and oxygen atoms in total. The van der Waals surface area contributed by atoms with Gasteiger partial charge >= 0.3 is 0 Å². The number of hydrogen-bond donors (Lipinski definition) is 1. The van der Waals surface area contributed by atoms with E-state index in [4.69, 9.17) is 21.6 Å². The predicted molar refractivity (Wildman–Crippen MR) is 164 cm³/mol. The van der Waals surface area contributed by atoms with Crippen molar-refractivity contribution in [3.05, 3.63) is 118 Å². The lowest BCUT2D eigenvalue weighted by atomic mass is 9.88. The Kier molecular flexibility index (Phi) is 8.63. The predicted octanol–water partition coefficient (Wildman–Crippen LogP) is 9.04. The van der Waals surface area contributed by atoms with Crippen LogP contribution >= 0.6 is 11.6 Å². The standard InChI is InChI=1S/C34H37ClN4/c1-4-6-25-9-11-26(12-10-25)23-32(28-7-5-8-28)38-31-19-15-29(16-20-31)33-34(37-22-21-36-33)39(3)24(2)27-13-17-30(35)18-14-27/h9-22,24,38H,4-8,23H2,1-3H3/t24-/m0/s1. The molecule has 200 valence electrons. The molecule has 4 aromatic rings. The molecular formula is C34H37ClN4. The van der Waals surface area contributed by atoms with Crippen LogP contribution in [0.15, 0.2) is 96.5 Å². The van der Waals surface area contributed by atoms with Crippen molar-refractivity contribution < 1.29 is 0 Å². The molecule has 0 spiro atoms. The Morgan fingerprint density at radius 1 is 0.897 bits per heavy atom. The summed E-state index contributed by atoms with van der Waals surface area (Å²) in [6, 6.07) is 25.8. The molecule has 3 aromatic carbocycles. The van der Waals surface area contributed by atoms with Gasteiger partial charge in [-0.3, -0.25) is 4.98 Å². The average Bonchev–Trinajstić information content (AvgIpc) is 2.93. The SMILES string of the molecule is CCCc1ccc(CC(Nc2ccc(-c3nccnc3N(C)[C@@H](C)c3ccc(Cl)cc3)cc2)=C2CCC2)cc1. The van der Waals surface area contributed by atoms with E-state index in [0.29, 0.717) is 0 Å². The zero-order valence-electron chi connectivity index (χ0n) is 23.1. The van der Waals surface area contributed by atoms with Gasteiger partial charge in [-0.05, 0) is 73.6 Å². The molecule has 1 N–H and O–H groups in total. The molecule has 5 heteroatoms. The summed E-state index contributed by atoms with van der Waals surface area (Å²) in [7, 11) is 2.06. The number of allylic oxidation sites excluding steroid dienone is 2. The molecule has 0 radical (unpaired) electrons. The third-order valence-electron chi connectivity index (χ3n) is 7.73. The van der Waals surface area contributed by atoms with Crippen LogP contribution in [0.4, 0.5) is 11.5 Å². The first-order valence-electron chi connectivity index (χ1n) is 14.0. The van der Waals surface area contributed by atoms with Gasteiger partial charge in [-0.1, -0.05) is 79.0 Å². The summed E-state index contributed by atoms with van der Waals surface area (Å²) in [6.07, 6.45) is 10.4. The molecule has 0 saturated heterocycles. The Hall–Kier alpha value is -3.63. The third-order valence-corrected chi connectivity index (χ3v) is 7.98. The maximum absolute atomic E-state index is 6.10. The number of rotatable bonds is 10. The van der Waals surface area contributed by atoms with Gasteiger partial charge in [0, 0.05) is 47.8 Å². The van der Waals surface area contributed by atoms with Crippen LogP contribution < -0.4 is 10.2 Å². The lowest BCUT2D eigenvalue weighted by Crippen LogP contribution is -2.23. The van der Waals surface area contributed by atoms with Gasteiger partial charge in [0.05, 0.1) is 6.04 Å². The van der Waals surface area contributed by atoms with Crippen LogP contribution in [-0.2, 0) is 12.8 Å². The van der Waals surface area contributed by atoms with Crippen LogP contribution in [0.5, 0.6) is 0 Å². The van der Waals surface area contributed by atoms with Gasteiger partial charge in [0.2, 0.25) is 0 Å². The van der Waals surface area contributed by atoms with Crippen molar-refractivity contribution in [2.45, 2.75) is 58.4 Å². The van der Waals surface area contributed by atoms with E-state index < -0.39 is 0 Å². The van der Waals surface area contributed by atoms with Crippen LogP contribution in [0, 0.1) is 0 Å². The Morgan fingerprint density at radius 3 is 2.21 bits per heavy atom. The molecule has 1 fully saturated rings. The van der Waals surface area contributed by atoms with Crippen LogP contribution in [0.3, 0.4) is 0 Å². The Morgan fingerprint density at radius 2 is 1.56 bits per heavy atom. The highest BCUT2D eigenvalue weighted by Crippen LogP contribution is 2.34. The van der Waals surface area contributed by atoms with E-state index in [1.165, 1.54) is 48.1 Å². The van der Waals surface area contributed by atoms with Crippen molar-refractivity contribution >= 4 is 23.1 Å². The number of nitrogens with one attached hydrogen (secondary N) is 1. The number of hydrogen-bond acceptors (Lipinski definition) is 4. The van der Waals surface area contributed by atoms with Gasteiger partial charge in [0.25, 0.3) is 0 Å². The molecule has 1 aromatic heterocycles. The molecular weight excluding hydrogens is 500 g/mol. The van der Waals surface area contributed by atoms with E-state index in [-0.39, 0.29) is 6.04 Å². The van der Waals surface area contributed by atoms with Gasteiger partial charge in [-0.25, -0.2) is 4.98 Å². The number of nitrogens with zero attached hydrogens (tertiary/aromatic N) is 3. The van der Waals surface area contributed by atoms with Gasteiger partial charge < -0.3 is 10.2 Å². The topological polar surface area (TPSA) is 41.1 Å². The van der Waals surface area contributed by atoms with Crippen molar-refractivity contribution in [1.82, 2.24) is 9.97 Å². The summed E-state index contributed by atoms with van der Waals surface area (Å²) in [6.45, 7) is 4.40. The number of aromatic nitrogens is 2. The average molecular weight is 537 g/mol. The highest BCUT2D eigenvalue weighted by Gasteiger charge is 2.19. The maximum Gasteiger partial charge on any atom is 0.155 e. The maximum atomic E-state index is 6.10. The molecule has 0 unspecified atom stereocenters. The summed E-state index contributed by atoms with van der Waals surface area (Å²) in [5.41, 5.74) is 9.85. The normalized spacial score (nSPS) is 13.5. The van der Waals surface area contributed by atoms with Gasteiger partial charge in [0.1, 0.15) is 5.69 Å². The smallest absolute Gasteiger partial charge is 0.155 e. The zero-order valence-corrected chi connectivity index (χ0v) is 23.9. The fourth-order valence-electron chi connectivity index (χ4n) is 5.06. The van der Waals surface area contributed by atoms with Crippen molar-refractivity contribution in [3.63, 3.8) is 0 Å². The molecule has 1 heterocycles. The first kappa shape index (κ1) is 27.0. The fraction of sp³-hybridized carbons (Fsp3) is 0.294. The Balaban J connectivity index is 1.33. The van der Waals surface area contributed by atoms with Crippen LogP contribution in [0.25, 0.3) is 11.3 Å². The molecule has 1 atom stereocenters. The summed E-state index contributed by atoms with van der Waals surface area (Å²) in [4.78, 5) is 11.6. The summed E-state index contributed by atoms with van der Waals surface area (Å²) < 4.78 is 0. The number of benzene rings is 3. The minimum atomic E-state index is 0.117. The molecule has 0 amide bonds. The van der Waals surface area contributed by atoms with Crippen LogP contribution in [0.1, 0.15) is 62.3 Å². The molecule has 5 rings (SSSR count). The zero-order chi connectivity index (χ0) is 27.2. The molecule has 1 saturated carbocycles. The van der Waals surface area contributed by atoms with Crippen molar-refractivity contribution in [2.24, 2.45) is 0 Å². The number of aryl methyl sites for hydroxylation is 1. The first-order chi connectivity index (χ1) is 19.0. The quantitative estimate of drug-likeness (QED) is 0.219. The van der Waals surface area contributed by atoms with E-state index in [9.17, 15) is 0 Å². The first-order valence-corrected chi connectivity index (χ1v) is 14.3. The van der Waals surface area contributed by atoms with Crippen molar-refractivity contribution in [1.29, 1.82) is 0 Å². The second-order valence-corrected chi connectivity index (χ2v) is 10.9. The third kappa shape index (κ3) is 6.51. The summed E-state index contributed by atoms with van der Waals surface area (Å²) in [5.74, 6) is 0.851. The fourth-order valence-corrected chi connectivity index (χ4v) is 5.18. The van der Waals surface area contributed by atoms with E-state index >= 15 is 0 Å². The van der Waals surface area contributed by atoms with Gasteiger partial charge in [-0.15, -0.1) is 0 Å². The highest BCUT2D eigenvalue weighted by molar-refractivity contribution is 6.30. The monoisotopic (exact) mass is 536 g/mol. The van der Waals surface area contributed by atoms with Gasteiger partial charge in [-0.2, -0.15) is 0 Å². The lowest BCUT2D eigenvalue weighted by molar-refractivity contribution is 0.647. The summed E-state index contributed by atoms with van der Waals surface area (Å²) >= 11 is 6.10. The van der Waals surface area contributed by atoms with Crippen molar-refractivity contribution in [3.8, 4) is 11.3 Å². The molecule has 39 heavy (non-hydrogen) atoms. The minimum Gasteiger partial charge on any atom is -0.359 e. The molecule has 0 aliphatic heterocycles. The van der Waals surface area contributed by atoms with E-state index in [1.54, 1.807) is 18.0 Å². The van der Waals surface area contributed by atoms with E-state index in [1.807, 2.05) is 12.1 Å². The minimum absolute atomic E-state index is 0.117. The highest BCUT2D eigenvalue weighted by atomic mass is 35.5. The lowest BCUT2D eigenvalue weighted by Gasteiger charge is -2.28. The molecule has 1 aliphatic rings. The number of anilines is 2. The number of halogens is 1. The molecule has 0 bridgehead atoms. The van der Waals surface area contributed by atoms with E-state index in [2.05, 4.69) is 91.8 Å². The van der Waals surface area contributed by atoms with E-state index in [0.717, 1.165) is 40.6 Å². The largest absolute Gasteiger partial charge is 0.359 e. The second kappa shape index (κ2) is 12.5. The van der Waals surface area contributed by atoms with Gasteiger partial charge in [0.15, 0.2) is 5.82 Å². The Bertz CT molecular complexity index is 1400. The summed E-state index contributed by atoms with van der Waals surface area (Å²) in [5, 5.41) is 4.49.